The zero-order chi connectivity index (χ0) is 23.9. The average molecular weight is 456 g/mol. The molecule has 2 aromatic heterocycles. The molecule has 0 radical (unpaired) electrons. The summed E-state index contributed by atoms with van der Waals surface area (Å²) in [6.07, 6.45) is 6.64. The monoisotopic (exact) mass is 456 g/mol. The number of aromatic nitrogens is 3. The number of fused-ring (bicyclic) bond motifs is 1. The van der Waals surface area contributed by atoms with Crippen molar-refractivity contribution in [3.63, 3.8) is 0 Å². The molecule has 1 aromatic carbocycles. The van der Waals surface area contributed by atoms with Crippen molar-refractivity contribution in [2.75, 3.05) is 13.7 Å². The van der Waals surface area contributed by atoms with E-state index >= 15 is 0 Å². The summed E-state index contributed by atoms with van der Waals surface area (Å²) < 4.78 is 5.20. The molecule has 1 aliphatic heterocycles. The van der Waals surface area contributed by atoms with Crippen molar-refractivity contribution in [2.45, 2.75) is 12.6 Å². The lowest BCUT2D eigenvalue weighted by atomic mass is 10.1. The molecule has 4 amide bonds. The molecule has 10 nitrogen and oxygen atoms in total. The molecule has 10 heteroatoms. The number of rotatable bonds is 6. The Labute approximate surface area is 195 Å². The number of carbonyl (C=O) groups is 3. The van der Waals surface area contributed by atoms with Crippen molar-refractivity contribution in [1.29, 1.82) is 0 Å². The lowest BCUT2D eigenvalue weighted by molar-refractivity contribution is -0.108. The molecule has 1 atom stereocenters. The maximum Gasteiger partial charge on any atom is 0.322 e. The Morgan fingerprint density at radius 1 is 1.24 bits per heavy atom. The number of carbonyl (C=O) groups excluding carboxylic acids is 3. The number of benzene rings is 1. The fourth-order valence-corrected chi connectivity index (χ4v) is 3.46. The Kier molecular flexibility index (Phi) is 6.74. The summed E-state index contributed by atoms with van der Waals surface area (Å²) in [6, 6.07) is 7.45. The smallest absolute Gasteiger partial charge is 0.322 e. The van der Waals surface area contributed by atoms with Gasteiger partial charge >= 0.3 is 6.03 Å². The van der Waals surface area contributed by atoms with Crippen molar-refractivity contribution in [2.24, 2.45) is 0 Å². The molecule has 0 unspecified atom stereocenters. The van der Waals surface area contributed by atoms with E-state index in [-0.39, 0.29) is 18.9 Å². The minimum Gasteiger partial charge on any atom is -0.497 e. The standard InChI is InChI=1S/C24H20N6O4/c1-34-20-6-4-17-12-30(23(32)21(17)8-20)13-19(29-24(33)28-15-31)5-2-16-3-7-22(27-9-16)18-10-25-14-26-11-18/h3-4,6-11,14-15,19H,12-13H2,1H3,(H2,28,29,31,33)/t19-/m1/s1. The number of urea groups is 1. The van der Waals surface area contributed by atoms with Crippen LogP contribution in [-0.4, -0.2) is 57.9 Å². The van der Waals surface area contributed by atoms with Crippen LogP contribution in [-0.2, 0) is 11.3 Å². The summed E-state index contributed by atoms with van der Waals surface area (Å²) in [5.74, 6) is 6.33. The van der Waals surface area contributed by atoms with Gasteiger partial charge in [-0.05, 0) is 29.8 Å². The third-order valence-electron chi connectivity index (χ3n) is 5.10. The highest BCUT2D eigenvalue weighted by molar-refractivity contribution is 5.98. The molecule has 3 heterocycles. The van der Waals surface area contributed by atoms with Crippen LogP contribution in [0.3, 0.4) is 0 Å². The minimum atomic E-state index is -0.734. The summed E-state index contributed by atoms with van der Waals surface area (Å²) in [7, 11) is 1.54. The van der Waals surface area contributed by atoms with Gasteiger partial charge in [-0.2, -0.15) is 0 Å². The van der Waals surface area contributed by atoms with Crippen LogP contribution < -0.4 is 15.4 Å². The van der Waals surface area contributed by atoms with Crippen molar-refractivity contribution < 1.29 is 19.1 Å². The van der Waals surface area contributed by atoms with Gasteiger partial charge in [-0.25, -0.2) is 14.8 Å². The van der Waals surface area contributed by atoms with Crippen LogP contribution >= 0.6 is 0 Å². The molecule has 34 heavy (non-hydrogen) atoms. The van der Waals surface area contributed by atoms with Gasteiger partial charge in [-0.15, -0.1) is 0 Å². The van der Waals surface area contributed by atoms with Crippen LogP contribution in [0.25, 0.3) is 11.3 Å². The number of nitrogens with zero attached hydrogens (tertiary/aromatic N) is 4. The normalized spacial score (nSPS) is 12.7. The summed E-state index contributed by atoms with van der Waals surface area (Å²) >= 11 is 0. The van der Waals surface area contributed by atoms with E-state index in [1.807, 2.05) is 11.4 Å². The molecule has 3 aromatic rings. The first kappa shape index (κ1) is 22.4. The predicted octanol–water partition coefficient (Wildman–Crippen LogP) is 1.38. The number of nitrogens with one attached hydrogen (secondary N) is 2. The lowest BCUT2D eigenvalue weighted by Crippen LogP contribution is -2.46. The summed E-state index contributed by atoms with van der Waals surface area (Å²) in [6.45, 7) is 0.505. The van der Waals surface area contributed by atoms with Gasteiger partial charge in [0.25, 0.3) is 5.91 Å². The first-order chi connectivity index (χ1) is 16.6. The molecule has 0 spiro atoms. The van der Waals surface area contributed by atoms with Crippen molar-refractivity contribution >= 4 is 18.3 Å². The fraction of sp³-hybridized carbons (Fsp3) is 0.167. The maximum absolute atomic E-state index is 12.9. The second-order valence-electron chi connectivity index (χ2n) is 7.33. The molecule has 2 N–H and O–H groups in total. The van der Waals surface area contributed by atoms with Crippen molar-refractivity contribution in [3.05, 3.63) is 71.9 Å². The number of ether oxygens (including phenoxy) is 1. The Morgan fingerprint density at radius 3 is 2.76 bits per heavy atom. The molecule has 170 valence electrons. The minimum absolute atomic E-state index is 0.127. The van der Waals surface area contributed by atoms with Crippen LogP contribution in [0.5, 0.6) is 5.75 Å². The second-order valence-corrected chi connectivity index (χ2v) is 7.33. The molecule has 0 saturated heterocycles. The largest absolute Gasteiger partial charge is 0.497 e. The molecular weight excluding hydrogens is 436 g/mol. The number of imide groups is 1. The van der Waals surface area contributed by atoms with E-state index < -0.39 is 12.1 Å². The molecule has 1 aliphatic rings. The first-order valence-electron chi connectivity index (χ1n) is 10.3. The Bertz CT molecular complexity index is 1270. The lowest BCUT2D eigenvalue weighted by Gasteiger charge is -2.21. The molecule has 0 aliphatic carbocycles. The molecule has 0 bridgehead atoms. The van der Waals surface area contributed by atoms with E-state index in [0.717, 1.165) is 11.1 Å². The zero-order valence-electron chi connectivity index (χ0n) is 18.2. The third-order valence-corrected chi connectivity index (χ3v) is 5.10. The van der Waals surface area contributed by atoms with E-state index in [1.165, 1.54) is 13.4 Å². The van der Waals surface area contributed by atoms with Crippen molar-refractivity contribution in [1.82, 2.24) is 30.5 Å². The number of amides is 4. The van der Waals surface area contributed by atoms with E-state index in [9.17, 15) is 14.4 Å². The SMILES string of the molecule is COc1ccc2c(c1)C(=O)N(C[C@@H](C#Cc1ccc(-c3cncnc3)nc1)NC(=O)NC=O)C2. The highest BCUT2D eigenvalue weighted by atomic mass is 16.5. The van der Waals surface area contributed by atoms with Gasteiger partial charge in [0.15, 0.2) is 0 Å². The highest BCUT2D eigenvalue weighted by Crippen LogP contribution is 2.26. The highest BCUT2D eigenvalue weighted by Gasteiger charge is 2.29. The van der Waals surface area contributed by atoms with E-state index in [2.05, 4.69) is 32.1 Å². The average Bonchev–Trinajstić information content (AvgIpc) is 3.17. The van der Waals surface area contributed by atoms with E-state index in [0.29, 0.717) is 29.1 Å². The summed E-state index contributed by atoms with van der Waals surface area (Å²) in [5.41, 5.74) is 3.49. The third kappa shape index (κ3) is 5.16. The summed E-state index contributed by atoms with van der Waals surface area (Å²) in [4.78, 5) is 49.4. The maximum atomic E-state index is 12.9. The van der Waals surface area contributed by atoms with Gasteiger partial charge < -0.3 is 15.0 Å². The Morgan fingerprint density at radius 2 is 2.06 bits per heavy atom. The van der Waals surface area contributed by atoms with Gasteiger partial charge in [-0.1, -0.05) is 17.9 Å². The quantitative estimate of drug-likeness (QED) is 0.424. The van der Waals surface area contributed by atoms with Crippen LogP contribution in [0.2, 0.25) is 0 Å². The van der Waals surface area contributed by atoms with Gasteiger partial charge in [0.1, 0.15) is 18.1 Å². The molecule has 4 rings (SSSR count). The topological polar surface area (TPSA) is 126 Å². The van der Waals surface area contributed by atoms with Gasteiger partial charge in [0, 0.05) is 41.8 Å². The van der Waals surface area contributed by atoms with Gasteiger partial charge in [0.2, 0.25) is 6.41 Å². The Hall–Kier alpha value is -4.78. The predicted molar refractivity (Wildman–Crippen MR) is 121 cm³/mol. The number of methoxy groups -OCH3 is 1. The van der Waals surface area contributed by atoms with Crippen LogP contribution in [0, 0.1) is 11.8 Å². The number of pyridine rings is 1. The zero-order valence-corrected chi connectivity index (χ0v) is 18.2. The van der Waals surface area contributed by atoms with Gasteiger partial charge in [-0.3, -0.25) is 19.9 Å². The fourth-order valence-electron chi connectivity index (χ4n) is 3.46. The number of hydrogen-bond acceptors (Lipinski definition) is 7. The van der Waals surface area contributed by atoms with Crippen LogP contribution in [0.4, 0.5) is 4.79 Å². The Balaban J connectivity index is 1.51. The van der Waals surface area contributed by atoms with Gasteiger partial charge in [0.05, 0.1) is 19.3 Å². The summed E-state index contributed by atoms with van der Waals surface area (Å²) in [5, 5.41) is 4.64. The first-order valence-corrected chi connectivity index (χ1v) is 10.3. The van der Waals surface area contributed by atoms with Crippen molar-refractivity contribution in [3.8, 4) is 28.8 Å². The molecule has 0 saturated carbocycles. The second kappa shape index (κ2) is 10.2. The number of hydrogen-bond donors (Lipinski definition) is 2. The van der Waals surface area contributed by atoms with E-state index in [1.54, 1.807) is 47.8 Å². The van der Waals surface area contributed by atoms with Crippen LogP contribution in [0.15, 0.2) is 55.2 Å². The molecule has 0 fully saturated rings. The molecular formula is C24H20N6O4. The van der Waals surface area contributed by atoms with E-state index in [4.69, 9.17) is 4.74 Å². The van der Waals surface area contributed by atoms with Crippen LogP contribution in [0.1, 0.15) is 21.5 Å².